The Morgan fingerprint density at radius 2 is 1.69 bits per heavy atom. The largest absolute Gasteiger partial charge is 0.497 e. The Bertz CT molecular complexity index is 1090. The van der Waals surface area contributed by atoms with E-state index in [1.165, 1.54) is 5.69 Å². The third-order valence-electron chi connectivity index (χ3n) is 5.03. The lowest BCUT2D eigenvalue weighted by Gasteiger charge is -2.21. The average Bonchev–Trinajstić information content (AvgIpc) is 3.21. The van der Waals surface area contributed by atoms with Crippen LogP contribution in [0.15, 0.2) is 60.2 Å². The van der Waals surface area contributed by atoms with E-state index in [2.05, 4.69) is 75.8 Å². The predicted octanol–water partition coefficient (Wildman–Crippen LogP) is 5.96. The molecule has 0 saturated heterocycles. The molecule has 0 fully saturated rings. The summed E-state index contributed by atoms with van der Waals surface area (Å²) in [5, 5.41) is 6.65. The van der Waals surface area contributed by atoms with Gasteiger partial charge in [-0.05, 0) is 55.8 Å². The number of nitrogens with zero attached hydrogens (tertiary/aromatic N) is 3. The van der Waals surface area contributed by atoms with Crippen LogP contribution in [0.25, 0.3) is 21.3 Å². The van der Waals surface area contributed by atoms with E-state index in [-0.39, 0.29) is 0 Å². The lowest BCUT2D eigenvalue weighted by Crippen LogP contribution is -2.21. The zero-order chi connectivity index (χ0) is 20.2. The summed E-state index contributed by atoms with van der Waals surface area (Å²) in [4.78, 5) is 12.3. The number of fused-ring (bicyclic) bond motifs is 1. The first kappa shape index (κ1) is 19.2. The standard InChI is InChI=1S/C23H24N4OS/c1-4-27(5-2)18-10-8-17(9-11-18)26-22-21-20(14-29-23(21)25-15-24-22)16-6-12-19(28-3)13-7-16/h6-15H,4-5H2,1-3H3,(H,24,25,26). The Labute approximate surface area is 175 Å². The van der Waals surface area contributed by atoms with Crippen LogP contribution < -0.4 is 15.0 Å². The minimum Gasteiger partial charge on any atom is -0.497 e. The summed E-state index contributed by atoms with van der Waals surface area (Å²) in [5.74, 6) is 1.66. The maximum Gasteiger partial charge on any atom is 0.143 e. The van der Waals surface area contributed by atoms with Crippen LogP contribution in [-0.4, -0.2) is 30.2 Å². The van der Waals surface area contributed by atoms with E-state index in [0.717, 1.165) is 51.7 Å². The van der Waals surface area contributed by atoms with Crippen LogP contribution in [0.5, 0.6) is 5.75 Å². The SMILES string of the molecule is CCN(CC)c1ccc(Nc2ncnc3scc(-c4ccc(OC)cc4)c23)cc1. The Hall–Kier alpha value is -3.12. The number of aromatic nitrogens is 2. The van der Waals surface area contributed by atoms with E-state index < -0.39 is 0 Å². The van der Waals surface area contributed by atoms with Gasteiger partial charge in [-0.15, -0.1) is 11.3 Å². The topological polar surface area (TPSA) is 50.3 Å². The molecule has 2 heterocycles. The van der Waals surface area contributed by atoms with Gasteiger partial charge in [0.05, 0.1) is 12.5 Å². The zero-order valence-electron chi connectivity index (χ0n) is 16.8. The molecule has 0 bridgehead atoms. The molecule has 2 aromatic heterocycles. The minimum absolute atomic E-state index is 0.817. The van der Waals surface area contributed by atoms with Crippen molar-refractivity contribution in [3.8, 4) is 16.9 Å². The number of ether oxygens (including phenoxy) is 1. The van der Waals surface area contributed by atoms with Crippen LogP contribution in [0, 0.1) is 0 Å². The first-order valence-electron chi connectivity index (χ1n) is 9.72. The second kappa shape index (κ2) is 8.49. The quantitative estimate of drug-likeness (QED) is 0.412. The molecule has 0 unspecified atom stereocenters. The molecule has 29 heavy (non-hydrogen) atoms. The van der Waals surface area contributed by atoms with Crippen molar-refractivity contribution in [1.29, 1.82) is 0 Å². The predicted molar refractivity (Wildman–Crippen MR) is 123 cm³/mol. The highest BCUT2D eigenvalue weighted by molar-refractivity contribution is 7.17. The van der Waals surface area contributed by atoms with Crippen molar-refractivity contribution in [2.24, 2.45) is 0 Å². The van der Waals surface area contributed by atoms with Gasteiger partial charge >= 0.3 is 0 Å². The molecule has 0 aliphatic heterocycles. The molecule has 0 atom stereocenters. The second-order valence-corrected chi connectivity index (χ2v) is 7.48. The fourth-order valence-corrected chi connectivity index (χ4v) is 4.35. The van der Waals surface area contributed by atoms with Crippen molar-refractivity contribution in [2.45, 2.75) is 13.8 Å². The molecule has 4 aromatic rings. The van der Waals surface area contributed by atoms with Gasteiger partial charge in [0, 0.05) is 35.4 Å². The first-order valence-corrected chi connectivity index (χ1v) is 10.6. The third kappa shape index (κ3) is 3.89. The summed E-state index contributed by atoms with van der Waals surface area (Å²) in [6.45, 7) is 6.33. The third-order valence-corrected chi connectivity index (χ3v) is 5.92. The number of methoxy groups -OCH3 is 1. The minimum atomic E-state index is 0.817. The lowest BCUT2D eigenvalue weighted by atomic mass is 10.1. The van der Waals surface area contributed by atoms with E-state index >= 15 is 0 Å². The molecule has 2 aromatic carbocycles. The summed E-state index contributed by atoms with van der Waals surface area (Å²) in [5.41, 5.74) is 4.47. The summed E-state index contributed by atoms with van der Waals surface area (Å²) in [6.07, 6.45) is 1.61. The van der Waals surface area contributed by atoms with Crippen LogP contribution in [0.2, 0.25) is 0 Å². The van der Waals surface area contributed by atoms with Crippen molar-refractivity contribution < 1.29 is 4.74 Å². The van der Waals surface area contributed by atoms with Crippen LogP contribution in [0.3, 0.4) is 0 Å². The van der Waals surface area contributed by atoms with Gasteiger partial charge in [-0.3, -0.25) is 0 Å². The highest BCUT2D eigenvalue weighted by Gasteiger charge is 2.13. The molecule has 1 N–H and O–H groups in total. The van der Waals surface area contributed by atoms with Crippen molar-refractivity contribution in [3.63, 3.8) is 0 Å². The summed E-state index contributed by atoms with van der Waals surface area (Å²) >= 11 is 1.63. The number of benzene rings is 2. The molecule has 0 spiro atoms. The van der Waals surface area contributed by atoms with Crippen LogP contribution >= 0.6 is 11.3 Å². The summed E-state index contributed by atoms with van der Waals surface area (Å²) < 4.78 is 5.28. The lowest BCUT2D eigenvalue weighted by molar-refractivity contribution is 0.415. The molecular formula is C23H24N4OS. The van der Waals surface area contributed by atoms with E-state index in [1.54, 1.807) is 24.8 Å². The maximum absolute atomic E-state index is 5.28. The smallest absolute Gasteiger partial charge is 0.143 e. The molecule has 0 aliphatic rings. The van der Waals surface area contributed by atoms with Gasteiger partial charge in [0.25, 0.3) is 0 Å². The van der Waals surface area contributed by atoms with Gasteiger partial charge in [0.1, 0.15) is 22.7 Å². The fourth-order valence-electron chi connectivity index (χ4n) is 3.43. The molecular weight excluding hydrogens is 380 g/mol. The van der Waals surface area contributed by atoms with E-state index in [0.29, 0.717) is 0 Å². The molecule has 0 radical (unpaired) electrons. The molecule has 148 valence electrons. The van der Waals surface area contributed by atoms with E-state index in [4.69, 9.17) is 4.74 Å². The molecule has 4 rings (SSSR count). The summed E-state index contributed by atoms with van der Waals surface area (Å²) in [7, 11) is 1.68. The van der Waals surface area contributed by atoms with Crippen LogP contribution in [0.4, 0.5) is 17.2 Å². The molecule has 5 nitrogen and oxygen atoms in total. The maximum atomic E-state index is 5.28. The fraction of sp³-hybridized carbons (Fsp3) is 0.217. The summed E-state index contributed by atoms with van der Waals surface area (Å²) in [6, 6.07) is 16.6. The van der Waals surface area contributed by atoms with Gasteiger partial charge in [0.15, 0.2) is 0 Å². The monoisotopic (exact) mass is 404 g/mol. The average molecular weight is 405 g/mol. The molecule has 0 amide bonds. The van der Waals surface area contributed by atoms with Crippen LogP contribution in [0.1, 0.15) is 13.8 Å². The van der Waals surface area contributed by atoms with Crippen molar-refractivity contribution in [3.05, 3.63) is 60.2 Å². The van der Waals surface area contributed by atoms with Crippen molar-refractivity contribution in [1.82, 2.24) is 9.97 Å². The highest BCUT2D eigenvalue weighted by Crippen LogP contribution is 2.38. The van der Waals surface area contributed by atoms with Gasteiger partial charge in [-0.2, -0.15) is 0 Å². The van der Waals surface area contributed by atoms with Crippen molar-refractivity contribution in [2.75, 3.05) is 30.4 Å². The molecule has 6 heteroatoms. The van der Waals surface area contributed by atoms with Gasteiger partial charge < -0.3 is 15.0 Å². The van der Waals surface area contributed by atoms with Crippen LogP contribution in [-0.2, 0) is 0 Å². The zero-order valence-corrected chi connectivity index (χ0v) is 17.7. The highest BCUT2D eigenvalue weighted by atomic mass is 32.1. The second-order valence-electron chi connectivity index (χ2n) is 6.62. The first-order chi connectivity index (χ1) is 14.2. The molecule has 0 saturated carbocycles. The Balaban J connectivity index is 1.68. The van der Waals surface area contributed by atoms with E-state index in [9.17, 15) is 0 Å². The number of nitrogens with one attached hydrogen (secondary N) is 1. The van der Waals surface area contributed by atoms with Gasteiger partial charge in [-0.25, -0.2) is 9.97 Å². The Morgan fingerprint density at radius 1 is 0.966 bits per heavy atom. The Kier molecular flexibility index (Phi) is 5.62. The number of hydrogen-bond acceptors (Lipinski definition) is 6. The Morgan fingerprint density at radius 3 is 2.34 bits per heavy atom. The number of hydrogen-bond donors (Lipinski definition) is 1. The molecule has 0 aliphatic carbocycles. The normalized spacial score (nSPS) is 10.9. The van der Waals surface area contributed by atoms with E-state index in [1.807, 2.05) is 12.1 Å². The van der Waals surface area contributed by atoms with Crippen molar-refractivity contribution >= 4 is 38.7 Å². The van der Waals surface area contributed by atoms with Gasteiger partial charge in [0.2, 0.25) is 0 Å². The van der Waals surface area contributed by atoms with Gasteiger partial charge in [-0.1, -0.05) is 12.1 Å². The number of thiophene rings is 1. The number of anilines is 3. The number of rotatable bonds is 7.